The van der Waals surface area contributed by atoms with E-state index in [1.54, 1.807) is 6.20 Å². The van der Waals surface area contributed by atoms with Crippen LogP contribution in [0.4, 0.5) is 14.5 Å². The van der Waals surface area contributed by atoms with Crippen molar-refractivity contribution in [2.75, 3.05) is 18.6 Å². The molecule has 13 heteroatoms. The van der Waals surface area contributed by atoms with Gasteiger partial charge in [0, 0.05) is 23.4 Å². The standard InChI is InChI=1S/C22H18F2N8O2S/c1-2-5-34-18-10-26-15(8-27-18)19(33)29-12-3-4-14(24)13(6-12)21(11-23)16-7-22(16,35-20(25)30-21)17-9-28-32-31-17/h1,3-4,6,8-10,16H,5,7,11H2,(H2,25,30)(H,29,33)(H,28,31,32)/t16-,21+,22-/m0/s1. The quantitative estimate of drug-likeness (QED) is 0.422. The Kier molecular flexibility index (Phi) is 5.60. The Morgan fingerprint density at radius 1 is 1.40 bits per heavy atom. The molecular weight excluding hydrogens is 478 g/mol. The predicted molar refractivity (Wildman–Crippen MR) is 124 cm³/mol. The number of rotatable bonds is 7. The highest BCUT2D eigenvalue weighted by molar-refractivity contribution is 8.14. The lowest BCUT2D eigenvalue weighted by atomic mass is 9.84. The minimum absolute atomic E-state index is 0.00675. The van der Waals surface area contributed by atoms with Gasteiger partial charge in [0.2, 0.25) is 5.88 Å². The van der Waals surface area contributed by atoms with E-state index in [0.717, 1.165) is 6.07 Å². The number of amidine groups is 1. The summed E-state index contributed by atoms with van der Waals surface area (Å²) < 4.78 is 34.3. The fourth-order valence-electron chi connectivity index (χ4n) is 4.34. The van der Waals surface area contributed by atoms with Gasteiger partial charge < -0.3 is 15.8 Å². The summed E-state index contributed by atoms with van der Waals surface area (Å²) in [7, 11) is 0. The number of ether oxygens (including phenoxy) is 1. The molecule has 1 aliphatic carbocycles. The third-order valence-corrected chi connectivity index (χ3v) is 7.32. The zero-order valence-corrected chi connectivity index (χ0v) is 18.9. The number of nitrogens with zero attached hydrogens (tertiary/aromatic N) is 5. The molecule has 0 radical (unpaired) electrons. The van der Waals surface area contributed by atoms with Gasteiger partial charge in [-0.05, 0) is 24.6 Å². The van der Waals surface area contributed by atoms with Crippen molar-refractivity contribution in [3.8, 4) is 18.2 Å². The number of nitrogens with one attached hydrogen (secondary N) is 2. The Balaban J connectivity index is 1.44. The number of H-pyrrole nitrogens is 1. The minimum Gasteiger partial charge on any atom is -0.463 e. The van der Waals surface area contributed by atoms with Gasteiger partial charge in [-0.25, -0.2) is 23.7 Å². The second-order valence-electron chi connectivity index (χ2n) is 8.00. The predicted octanol–water partition coefficient (Wildman–Crippen LogP) is 2.14. The summed E-state index contributed by atoms with van der Waals surface area (Å²) in [6.07, 6.45) is 9.70. The minimum atomic E-state index is -1.57. The van der Waals surface area contributed by atoms with Crippen molar-refractivity contribution in [1.29, 1.82) is 0 Å². The van der Waals surface area contributed by atoms with Crippen LogP contribution in [-0.2, 0) is 10.3 Å². The maximum absolute atomic E-state index is 15.1. The van der Waals surface area contributed by atoms with Crippen molar-refractivity contribution in [1.82, 2.24) is 25.4 Å². The molecule has 0 spiro atoms. The molecule has 3 atom stereocenters. The molecule has 10 nitrogen and oxygen atoms in total. The zero-order chi connectivity index (χ0) is 24.6. The van der Waals surface area contributed by atoms with Crippen molar-refractivity contribution in [2.24, 2.45) is 16.6 Å². The number of aromatic nitrogens is 5. The van der Waals surface area contributed by atoms with Crippen LogP contribution in [0.1, 0.15) is 28.2 Å². The van der Waals surface area contributed by atoms with Gasteiger partial charge in [0.05, 0.1) is 22.8 Å². The number of fused-ring (bicyclic) bond motifs is 1. The molecule has 1 saturated carbocycles. The van der Waals surface area contributed by atoms with Gasteiger partial charge in [-0.15, -0.1) is 11.5 Å². The van der Waals surface area contributed by atoms with Crippen LogP contribution in [0.2, 0.25) is 0 Å². The van der Waals surface area contributed by atoms with Gasteiger partial charge in [-0.1, -0.05) is 22.9 Å². The van der Waals surface area contributed by atoms with Crippen molar-refractivity contribution >= 4 is 28.5 Å². The Morgan fingerprint density at radius 3 is 2.94 bits per heavy atom. The van der Waals surface area contributed by atoms with E-state index in [4.69, 9.17) is 16.9 Å². The maximum atomic E-state index is 15.1. The molecule has 0 unspecified atom stereocenters. The average Bonchev–Trinajstić information content (AvgIpc) is 3.34. The van der Waals surface area contributed by atoms with Crippen LogP contribution in [0.3, 0.4) is 0 Å². The molecule has 1 amide bonds. The van der Waals surface area contributed by atoms with E-state index in [0.29, 0.717) is 12.1 Å². The molecule has 5 rings (SSSR count). The smallest absolute Gasteiger partial charge is 0.275 e. The molecule has 0 saturated heterocycles. The number of carbonyl (C=O) groups is 1. The van der Waals surface area contributed by atoms with E-state index in [-0.39, 0.29) is 34.6 Å². The molecule has 35 heavy (non-hydrogen) atoms. The van der Waals surface area contributed by atoms with Crippen LogP contribution >= 0.6 is 11.8 Å². The molecule has 3 aromatic rings. The molecule has 178 valence electrons. The number of hydrogen-bond acceptors (Lipinski definition) is 9. The molecule has 3 heterocycles. The first-order chi connectivity index (χ1) is 16.9. The van der Waals surface area contributed by atoms with Crippen LogP contribution in [-0.4, -0.2) is 49.7 Å². The first kappa shape index (κ1) is 22.7. The van der Waals surface area contributed by atoms with Gasteiger partial charge >= 0.3 is 0 Å². The molecule has 1 fully saturated rings. The molecule has 1 aromatic carbocycles. The highest BCUT2D eigenvalue weighted by Gasteiger charge is 2.70. The summed E-state index contributed by atoms with van der Waals surface area (Å²) in [6.45, 7) is -0.975. The van der Waals surface area contributed by atoms with Gasteiger partial charge in [0.25, 0.3) is 5.91 Å². The lowest BCUT2D eigenvalue weighted by molar-refractivity contribution is 0.102. The van der Waals surface area contributed by atoms with E-state index in [1.807, 2.05) is 0 Å². The second-order valence-corrected chi connectivity index (χ2v) is 9.35. The summed E-state index contributed by atoms with van der Waals surface area (Å²) >= 11 is 1.27. The molecule has 2 aromatic heterocycles. The lowest BCUT2D eigenvalue weighted by Crippen LogP contribution is -2.39. The topological polar surface area (TPSA) is 144 Å². The molecule has 2 aliphatic rings. The van der Waals surface area contributed by atoms with E-state index in [2.05, 4.69) is 41.6 Å². The lowest BCUT2D eigenvalue weighted by Gasteiger charge is -2.34. The molecule has 4 N–H and O–H groups in total. The number of hydrogen-bond donors (Lipinski definition) is 3. The van der Waals surface area contributed by atoms with Crippen molar-refractivity contribution < 1.29 is 18.3 Å². The first-order valence-corrected chi connectivity index (χ1v) is 11.2. The van der Waals surface area contributed by atoms with E-state index in [1.165, 1.54) is 36.3 Å². The van der Waals surface area contributed by atoms with Crippen molar-refractivity contribution in [3.05, 3.63) is 59.6 Å². The molecule has 0 bridgehead atoms. The maximum Gasteiger partial charge on any atom is 0.275 e. The molecule has 1 aliphatic heterocycles. The third-order valence-electron chi connectivity index (χ3n) is 5.99. The Labute approximate surface area is 202 Å². The Hall–Kier alpha value is -4.05. The number of aromatic amines is 1. The number of aliphatic imine (C=N–C) groups is 1. The van der Waals surface area contributed by atoms with Crippen molar-refractivity contribution in [3.63, 3.8) is 0 Å². The Morgan fingerprint density at radius 2 is 2.26 bits per heavy atom. The summed E-state index contributed by atoms with van der Waals surface area (Å²) in [5.74, 6) is 0.784. The van der Waals surface area contributed by atoms with Gasteiger partial charge in [-0.2, -0.15) is 0 Å². The van der Waals surface area contributed by atoms with Crippen LogP contribution in [0.25, 0.3) is 0 Å². The number of amides is 1. The first-order valence-electron chi connectivity index (χ1n) is 10.4. The van der Waals surface area contributed by atoms with E-state index < -0.39 is 34.6 Å². The summed E-state index contributed by atoms with van der Waals surface area (Å²) in [4.78, 5) is 25.0. The number of nitrogens with two attached hydrogens (primary N) is 1. The number of halogens is 2. The largest absolute Gasteiger partial charge is 0.463 e. The van der Waals surface area contributed by atoms with Gasteiger partial charge in [-0.3, -0.25) is 9.89 Å². The van der Waals surface area contributed by atoms with Crippen LogP contribution in [0.5, 0.6) is 5.88 Å². The normalized spacial score (nSPS) is 24.6. The SMILES string of the molecule is C#CCOc1cnc(C(=O)Nc2ccc(F)c([C@@]3(CF)N=C(N)S[C@@]4(c5c[nH]nn5)C[C@@H]34)c2)cn1. The van der Waals surface area contributed by atoms with E-state index in [9.17, 15) is 9.18 Å². The summed E-state index contributed by atoms with van der Waals surface area (Å²) in [6, 6.07) is 3.88. The van der Waals surface area contributed by atoms with Gasteiger partial charge in [0.1, 0.15) is 23.7 Å². The number of terminal acetylenes is 1. The highest BCUT2D eigenvalue weighted by Crippen LogP contribution is 2.71. The number of carbonyl (C=O) groups excluding carboxylic acids is 1. The Bertz CT molecular complexity index is 1340. The zero-order valence-electron chi connectivity index (χ0n) is 18.0. The summed E-state index contributed by atoms with van der Waals surface area (Å²) in [5.41, 5.74) is 5.31. The summed E-state index contributed by atoms with van der Waals surface area (Å²) in [5, 5.41) is 13.2. The monoisotopic (exact) mass is 496 g/mol. The van der Waals surface area contributed by atoms with Crippen LogP contribution in [0.15, 0.2) is 41.8 Å². The fraction of sp³-hybridized carbons (Fsp3) is 0.273. The average molecular weight is 497 g/mol. The van der Waals surface area contributed by atoms with Crippen molar-refractivity contribution in [2.45, 2.75) is 16.7 Å². The number of thioether (sulfide) groups is 1. The highest BCUT2D eigenvalue weighted by atomic mass is 32.2. The third kappa shape index (κ3) is 3.85. The van der Waals surface area contributed by atoms with Crippen LogP contribution in [0, 0.1) is 24.1 Å². The number of anilines is 1. The molecular formula is C22H18F2N8O2S. The van der Waals surface area contributed by atoms with E-state index >= 15 is 4.39 Å². The second kappa shape index (κ2) is 8.62. The number of alkyl halides is 1. The number of benzene rings is 1. The van der Waals surface area contributed by atoms with Crippen LogP contribution < -0.4 is 15.8 Å². The fourth-order valence-corrected chi connectivity index (χ4v) is 5.71. The van der Waals surface area contributed by atoms with Gasteiger partial charge in [0.15, 0.2) is 11.8 Å².